The number of hydrogen-bond acceptors (Lipinski definition) is 3. The Morgan fingerprint density at radius 3 is 2.81 bits per heavy atom. The number of H-pyrrole nitrogens is 1. The molecule has 2 aromatic heterocycles. The molecule has 0 unspecified atom stereocenters. The molecule has 2 heterocycles. The van der Waals surface area contributed by atoms with E-state index in [1.54, 1.807) is 6.07 Å². The number of rotatable bonds is 8. The summed E-state index contributed by atoms with van der Waals surface area (Å²) < 4.78 is 5.68. The Morgan fingerprint density at radius 2 is 2.04 bits per heavy atom. The van der Waals surface area contributed by atoms with Crippen molar-refractivity contribution in [2.24, 2.45) is 0 Å². The molecule has 3 aromatic rings. The van der Waals surface area contributed by atoms with Gasteiger partial charge in [0.05, 0.1) is 17.1 Å². The Morgan fingerprint density at radius 1 is 1.23 bits per heavy atom. The van der Waals surface area contributed by atoms with E-state index in [1.807, 2.05) is 30.5 Å². The van der Waals surface area contributed by atoms with Gasteiger partial charge in [-0.05, 0) is 43.3 Å². The maximum absolute atomic E-state index is 12.3. The topological polar surface area (TPSA) is 61.3 Å². The highest BCUT2D eigenvalue weighted by molar-refractivity contribution is 6.35. The van der Waals surface area contributed by atoms with E-state index in [2.05, 4.69) is 29.0 Å². The van der Waals surface area contributed by atoms with E-state index in [0.29, 0.717) is 17.3 Å². The van der Waals surface area contributed by atoms with Gasteiger partial charge in [-0.25, -0.2) is 0 Å². The lowest BCUT2D eigenvalue weighted by atomic mass is 10.1. The SMILES string of the molecule is CCN(CC)Cc1ccc(C(=O)NCCc2c[nH]c3c(Cl)cccc23)o1. The van der Waals surface area contributed by atoms with E-state index >= 15 is 0 Å². The number of hydrogen-bond donors (Lipinski definition) is 2. The molecule has 1 aromatic carbocycles. The van der Waals surface area contributed by atoms with E-state index in [4.69, 9.17) is 16.0 Å². The van der Waals surface area contributed by atoms with Crippen molar-refractivity contribution in [3.63, 3.8) is 0 Å². The van der Waals surface area contributed by atoms with Gasteiger partial charge in [0.2, 0.25) is 0 Å². The molecule has 26 heavy (non-hydrogen) atoms. The molecular weight excluding hydrogens is 350 g/mol. The molecule has 0 aliphatic heterocycles. The number of amides is 1. The first-order chi connectivity index (χ1) is 12.6. The average molecular weight is 374 g/mol. The Bertz CT molecular complexity index is 880. The molecule has 0 aliphatic carbocycles. The summed E-state index contributed by atoms with van der Waals surface area (Å²) in [7, 11) is 0. The van der Waals surface area contributed by atoms with E-state index in [9.17, 15) is 4.79 Å². The van der Waals surface area contributed by atoms with Gasteiger partial charge in [0.15, 0.2) is 5.76 Å². The van der Waals surface area contributed by atoms with Crippen LogP contribution in [0.15, 0.2) is 40.9 Å². The second-order valence-corrected chi connectivity index (χ2v) is 6.62. The number of para-hydroxylation sites is 1. The largest absolute Gasteiger partial charge is 0.455 e. The van der Waals surface area contributed by atoms with Crippen LogP contribution in [0.1, 0.15) is 35.7 Å². The van der Waals surface area contributed by atoms with E-state index in [0.717, 1.165) is 48.3 Å². The van der Waals surface area contributed by atoms with Crippen molar-refractivity contribution < 1.29 is 9.21 Å². The van der Waals surface area contributed by atoms with E-state index < -0.39 is 0 Å². The Hall–Kier alpha value is -2.24. The summed E-state index contributed by atoms with van der Waals surface area (Å²) in [5.74, 6) is 0.980. The fourth-order valence-corrected chi connectivity index (χ4v) is 3.26. The molecule has 0 spiro atoms. The standard InChI is InChI=1S/C20H24ClN3O2/c1-3-24(4-2)13-15-8-9-18(26-15)20(25)22-11-10-14-12-23-19-16(14)6-5-7-17(19)21/h5-9,12,23H,3-4,10-11,13H2,1-2H3,(H,22,25). The lowest BCUT2D eigenvalue weighted by Crippen LogP contribution is -2.25. The Balaban J connectivity index is 1.55. The third kappa shape index (κ3) is 4.11. The van der Waals surface area contributed by atoms with Crippen LogP contribution in [0.25, 0.3) is 10.9 Å². The van der Waals surface area contributed by atoms with Crippen molar-refractivity contribution >= 4 is 28.4 Å². The molecule has 0 saturated heterocycles. The summed E-state index contributed by atoms with van der Waals surface area (Å²) >= 11 is 6.18. The van der Waals surface area contributed by atoms with Crippen molar-refractivity contribution in [3.8, 4) is 0 Å². The number of carbonyl (C=O) groups is 1. The van der Waals surface area contributed by atoms with Gasteiger partial charge in [-0.3, -0.25) is 9.69 Å². The van der Waals surface area contributed by atoms with Crippen molar-refractivity contribution in [3.05, 3.63) is 58.6 Å². The van der Waals surface area contributed by atoms with Crippen molar-refractivity contribution in [1.29, 1.82) is 0 Å². The lowest BCUT2D eigenvalue weighted by Gasteiger charge is -2.15. The fourth-order valence-electron chi connectivity index (χ4n) is 3.03. The third-order valence-electron chi connectivity index (χ3n) is 4.59. The second kappa shape index (κ2) is 8.43. The fraction of sp³-hybridized carbons (Fsp3) is 0.350. The van der Waals surface area contributed by atoms with Gasteiger partial charge >= 0.3 is 0 Å². The number of aromatic nitrogens is 1. The number of nitrogens with zero attached hydrogens (tertiary/aromatic N) is 1. The highest BCUT2D eigenvalue weighted by atomic mass is 35.5. The molecule has 0 radical (unpaired) electrons. The number of nitrogens with one attached hydrogen (secondary N) is 2. The minimum atomic E-state index is -0.186. The molecule has 0 bridgehead atoms. The maximum Gasteiger partial charge on any atom is 0.287 e. The molecule has 0 atom stereocenters. The lowest BCUT2D eigenvalue weighted by molar-refractivity contribution is 0.0923. The quantitative estimate of drug-likeness (QED) is 0.621. The van der Waals surface area contributed by atoms with E-state index in [-0.39, 0.29) is 5.91 Å². The highest BCUT2D eigenvalue weighted by Gasteiger charge is 2.13. The van der Waals surface area contributed by atoms with Gasteiger partial charge in [-0.15, -0.1) is 0 Å². The summed E-state index contributed by atoms with van der Waals surface area (Å²) in [4.78, 5) is 17.7. The van der Waals surface area contributed by atoms with Gasteiger partial charge < -0.3 is 14.7 Å². The highest BCUT2D eigenvalue weighted by Crippen LogP contribution is 2.25. The first kappa shape index (κ1) is 18.5. The molecule has 0 aliphatic rings. The van der Waals surface area contributed by atoms with Gasteiger partial charge in [0.1, 0.15) is 5.76 Å². The number of halogens is 1. The zero-order valence-corrected chi connectivity index (χ0v) is 15.9. The summed E-state index contributed by atoms with van der Waals surface area (Å²) in [6, 6.07) is 9.43. The van der Waals surface area contributed by atoms with Crippen LogP contribution in [0.5, 0.6) is 0 Å². The zero-order chi connectivity index (χ0) is 18.5. The van der Waals surface area contributed by atoms with Crippen LogP contribution in [0.2, 0.25) is 5.02 Å². The van der Waals surface area contributed by atoms with Gasteiger partial charge in [-0.1, -0.05) is 37.6 Å². The Labute approximate surface area is 158 Å². The summed E-state index contributed by atoms with van der Waals surface area (Å²) in [5.41, 5.74) is 2.06. The minimum Gasteiger partial charge on any atom is -0.455 e. The van der Waals surface area contributed by atoms with Crippen LogP contribution in [-0.4, -0.2) is 35.4 Å². The van der Waals surface area contributed by atoms with Crippen LogP contribution in [0.3, 0.4) is 0 Å². The summed E-state index contributed by atoms with van der Waals surface area (Å²) in [6.07, 6.45) is 2.66. The minimum absolute atomic E-state index is 0.186. The zero-order valence-electron chi connectivity index (χ0n) is 15.1. The molecular formula is C20H24ClN3O2. The average Bonchev–Trinajstić information content (AvgIpc) is 3.28. The van der Waals surface area contributed by atoms with Crippen LogP contribution < -0.4 is 5.32 Å². The first-order valence-corrected chi connectivity index (χ1v) is 9.33. The molecule has 6 heteroatoms. The predicted octanol–water partition coefficient (Wildman–Crippen LogP) is 4.23. The van der Waals surface area contributed by atoms with Gasteiger partial charge in [-0.2, -0.15) is 0 Å². The summed E-state index contributed by atoms with van der Waals surface area (Å²) in [5, 5.41) is 4.71. The van der Waals surface area contributed by atoms with Crippen molar-refractivity contribution in [2.75, 3.05) is 19.6 Å². The number of furan rings is 1. The molecule has 0 saturated carbocycles. The first-order valence-electron chi connectivity index (χ1n) is 8.96. The monoisotopic (exact) mass is 373 g/mol. The molecule has 1 amide bonds. The van der Waals surface area contributed by atoms with Crippen LogP contribution in [-0.2, 0) is 13.0 Å². The van der Waals surface area contributed by atoms with Crippen LogP contribution in [0, 0.1) is 0 Å². The smallest absolute Gasteiger partial charge is 0.287 e. The number of carbonyl (C=O) groups excluding carboxylic acids is 1. The normalized spacial score (nSPS) is 11.4. The van der Waals surface area contributed by atoms with E-state index in [1.165, 1.54) is 0 Å². The third-order valence-corrected chi connectivity index (χ3v) is 4.90. The molecule has 0 fully saturated rings. The second-order valence-electron chi connectivity index (χ2n) is 6.21. The van der Waals surface area contributed by atoms with Crippen LogP contribution >= 0.6 is 11.6 Å². The van der Waals surface area contributed by atoms with Crippen molar-refractivity contribution in [1.82, 2.24) is 15.2 Å². The molecule has 5 nitrogen and oxygen atoms in total. The number of fused-ring (bicyclic) bond motifs is 1. The van der Waals surface area contributed by atoms with Crippen LogP contribution in [0.4, 0.5) is 0 Å². The predicted molar refractivity (Wildman–Crippen MR) is 105 cm³/mol. The van der Waals surface area contributed by atoms with Gasteiger partial charge in [0, 0.05) is 18.1 Å². The molecule has 3 rings (SSSR count). The number of benzene rings is 1. The number of aromatic amines is 1. The Kier molecular flexibility index (Phi) is 6.01. The molecule has 138 valence electrons. The maximum atomic E-state index is 12.3. The van der Waals surface area contributed by atoms with Crippen molar-refractivity contribution in [2.45, 2.75) is 26.8 Å². The van der Waals surface area contributed by atoms with Gasteiger partial charge in [0.25, 0.3) is 5.91 Å². The summed E-state index contributed by atoms with van der Waals surface area (Å²) in [6.45, 7) is 7.37. The molecule has 2 N–H and O–H groups in total.